The Hall–Kier alpha value is -2.21. The van der Waals surface area contributed by atoms with Gasteiger partial charge in [-0.25, -0.2) is 4.98 Å². The summed E-state index contributed by atoms with van der Waals surface area (Å²) in [5, 5.41) is 0. The molecule has 0 N–H and O–H groups in total. The molecule has 0 saturated carbocycles. The Labute approximate surface area is 143 Å². The van der Waals surface area contributed by atoms with Gasteiger partial charge in [0, 0.05) is 43.6 Å². The predicted octanol–water partition coefficient (Wildman–Crippen LogP) is 2.16. The molecule has 0 atom stereocenters. The highest BCUT2D eigenvalue weighted by atomic mass is 16.2. The minimum Gasteiger partial charge on any atom is -0.333 e. The van der Waals surface area contributed by atoms with Crippen molar-refractivity contribution < 1.29 is 4.79 Å². The quantitative estimate of drug-likeness (QED) is 0.863. The van der Waals surface area contributed by atoms with Gasteiger partial charge in [0.05, 0.1) is 24.3 Å². The maximum absolute atomic E-state index is 12.8. The molecular weight excluding hydrogens is 302 g/mol. The second-order valence-electron chi connectivity index (χ2n) is 6.66. The van der Waals surface area contributed by atoms with Gasteiger partial charge in [0.2, 0.25) is 0 Å². The lowest BCUT2D eigenvalue weighted by atomic mass is 10.2. The van der Waals surface area contributed by atoms with Crippen LogP contribution in [0, 0.1) is 0 Å². The highest BCUT2D eigenvalue weighted by Gasteiger charge is 2.23. The summed E-state index contributed by atoms with van der Waals surface area (Å²) in [4.78, 5) is 25.6. The predicted molar refractivity (Wildman–Crippen MR) is 92.4 cm³/mol. The Bertz CT molecular complexity index is 695. The molecule has 1 aliphatic rings. The number of fused-ring (bicyclic) bond motifs is 1. The molecule has 1 aliphatic heterocycles. The van der Waals surface area contributed by atoms with Crippen LogP contribution in [0.15, 0.2) is 30.9 Å². The number of aromatic nitrogens is 3. The molecule has 24 heavy (non-hydrogen) atoms. The van der Waals surface area contributed by atoms with Gasteiger partial charge < -0.3 is 9.47 Å². The Morgan fingerprint density at radius 3 is 2.75 bits per heavy atom. The van der Waals surface area contributed by atoms with E-state index in [4.69, 9.17) is 0 Å². The van der Waals surface area contributed by atoms with Crippen LogP contribution in [-0.4, -0.2) is 49.9 Å². The summed E-state index contributed by atoms with van der Waals surface area (Å²) in [7, 11) is 2.10. The fraction of sp³-hybridized carbons (Fsp3) is 0.500. The number of nitrogens with zero attached hydrogens (tertiary/aromatic N) is 5. The molecule has 3 rings (SSSR count). The molecule has 0 spiro atoms. The lowest BCUT2D eigenvalue weighted by molar-refractivity contribution is 0.0745. The van der Waals surface area contributed by atoms with Crippen molar-refractivity contribution in [3.8, 4) is 0 Å². The van der Waals surface area contributed by atoms with Crippen molar-refractivity contribution in [2.45, 2.75) is 45.9 Å². The summed E-state index contributed by atoms with van der Waals surface area (Å²) >= 11 is 0. The van der Waals surface area contributed by atoms with Crippen LogP contribution in [0.2, 0.25) is 0 Å². The molecule has 0 aliphatic carbocycles. The number of amides is 1. The van der Waals surface area contributed by atoms with Gasteiger partial charge in [-0.2, -0.15) is 0 Å². The van der Waals surface area contributed by atoms with Gasteiger partial charge in [-0.3, -0.25) is 14.7 Å². The molecule has 0 fully saturated rings. The molecule has 3 heterocycles. The molecule has 0 bridgehead atoms. The lowest BCUT2D eigenvalue weighted by Gasteiger charge is -2.23. The van der Waals surface area contributed by atoms with Gasteiger partial charge in [-0.1, -0.05) is 0 Å². The number of pyridine rings is 1. The lowest BCUT2D eigenvalue weighted by Crippen LogP contribution is -2.32. The van der Waals surface area contributed by atoms with Gasteiger partial charge >= 0.3 is 0 Å². The van der Waals surface area contributed by atoms with E-state index in [2.05, 4.69) is 40.3 Å². The van der Waals surface area contributed by atoms with Crippen LogP contribution < -0.4 is 0 Å². The second-order valence-corrected chi connectivity index (χ2v) is 6.66. The summed E-state index contributed by atoms with van der Waals surface area (Å²) in [6.07, 6.45) is 6.19. The fourth-order valence-corrected chi connectivity index (χ4v) is 2.92. The molecule has 0 aromatic carbocycles. The third-order valence-corrected chi connectivity index (χ3v) is 4.70. The van der Waals surface area contributed by atoms with Crippen molar-refractivity contribution in [2.24, 2.45) is 0 Å². The number of rotatable bonds is 4. The van der Waals surface area contributed by atoms with Gasteiger partial charge in [0.15, 0.2) is 0 Å². The highest BCUT2D eigenvalue weighted by molar-refractivity contribution is 5.94. The van der Waals surface area contributed by atoms with E-state index in [0.29, 0.717) is 18.2 Å². The molecular formula is C18H25N5O. The zero-order valence-corrected chi connectivity index (χ0v) is 14.6. The van der Waals surface area contributed by atoms with E-state index in [1.807, 2.05) is 11.2 Å². The zero-order valence-electron chi connectivity index (χ0n) is 14.6. The molecule has 6 nitrogen and oxygen atoms in total. The molecule has 0 radical (unpaired) electrons. The maximum Gasteiger partial charge on any atom is 0.254 e. The maximum atomic E-state index is 12.8. The Kier molecular flexibility index (Phi) is 4.94. The summed E-state index contributed by atoms with van der Waals surface area (Å²) in [6.45, 7) is 7.44. The monoisotopic (exact) mass is 327 g/mol. The van der Waals surface area contributed by atoms with Crippen LogP contribution >= 0.6 is 0 Å². The first kappa shape index (κ1) is 16.6. The average Bonchev–Trinajstić information content (AvgIpc) is 2.83. The standard InChI is InChI=1S/C18H25N5O/c1-14(2)21(3)11-16-17-12-22(9-4-10-23(17)13-20-16)18(24)15-5-7-19-8-6-15/h5-8,13-14H,4,9-12H2,1-3H3. The van der Waals surface area contributed by atoms with E-state index in [1.165, 1.54) is 0 Å². The second kappa shape index (κ2) is 7.13. The zero-order chi connectivity index (χ0) is 17.1. The first-order valence-electron chi connectivity index (χ1n) is 8.48. The van der Waals surface area contributed by atoms with Gasteiger partial charge in [0.25, 0.3) is 5.91 Å². The molecule has 2 aromatic rings. The van der Waals surface area contributed by atoms with Crippen LogP contribution in [0.1, 0.15) is 42.0 Å². The summed E-state index contributed by atoms with van der Waals surface area (Å²) in [6, 6.07) is 4.01. The topological polar surface area (TPSA) is 54.3 Å². The fourth-order valence-electron chi connectivity index (χ4n) is 2.92. The van der Waals surface area contributed by atoms with Crippen molar-refractivity contribution in [2.75, 3.05) is 13.6 Å². The molecule has 2 aromatic heterocycles. The van der Waals surface area contributed by atoms with Crippen LogP contribution in [0.4, 0.5) is 0 Å². The van der Waals surface area contributed by atoms with Crippen molar-refractivity contribution >= 4 is 5.91 Å². The minimum atomic E-state index is 0.0650. The summed E-state index contributed by atoms with van der Waals surface area (Å²) in [5.41, 5.74) is 2.92. The van der Waals surface area contributed by atoms with Crippen molar-refractivity contribution in [3.63, 3.8) is 0 Å². The van der Waals surface area contributed by atoms with E-state index >= 15 is 0 Å². The Morgan fingerprint density at radius 2 is 2.04 bits per heavy atom. The molecule has 0 unspecified atom stereocenters. The number of carbonyl (C=O) groups is 1. The molecule has 0 saturated heterocycles. The number of hydrogen-bond donors (Lipinski definition) is 0. The van der Waals surface area contributed by atoms with Gasteiger partial charge in [0.1, 0.15) is 0 Å². The number of carbonyl (C=O) groups excluding carboxylic acids is 1. The van der Waals surface area contributed by atoms with Gasteiger partial charge in [-0.15, -0.1) is 0 Å². The average molecular weight is 327 g/mol. The van der Waals surface area contributed by atoms with E-state index in [1.54, 1.807) is 24.5 Å². The van der Waals surface area contributed by atoms with Crippen LogP contribution in [0.25, 0.3) is 0 Å². The summed E-state index contributed by atoms with van der Waals surface area (Å²) < 4.78 is 2.20. The minimum absolute atomic E-state index is 0.0650. The van der Waals surface area contributed by atoms with E-state index in [0.717, 1.165) is 37.4 Å². The molecule has 6 heteroatoms. The highest BCUT2D eigenvalue weighted by Crippen LogP contribution is 2.19. The van der Waals surface area contributed by atoms with Gasteiger partial charge in [-0.05, 0) is 39.4 Å². The Balaban J connectivity index is 1.81. The van der Waals surface area contributed by atoms with E-state index < -0.39 is 0 Å². The Morgan fingerprint density at radius 1 is 1.29 bits per heavy atom. The van der Waals surface area contributed by atoms with E-state index in [9.17, 15) is 4.79 Å². The van der Waals surface area contributed by atoms with Crippen molar-refractivity contribution in [3.05, 3.63) is 47.8 Å². The third kappa shape index (κ3) is 3.48. The largest absolute Gasteiger partial charge is 0.333 e. The number of imidazole rings is 1. The SMILES string of the molecule is CC(C)N(C)Cc1ncn2c1CN(C(=O)c1ccncc1)CCC2. The molecule has 1 amide bonds. The molecule has 128 valence electrons. The van der Waals surface area contributed by atoms with Crippen molar-refractivity contribution in [1.82, 2.24) is 24.3 Å². The number of aryl methyl sites for hydroxylation is 1. The van der Waals surface area contributed by atoms with E-state index in [-0.39, 0.29) is 5.91 Å². The van der Waals surface area contributed by atoms with Crippen molar-refractivity contribution in [1.29, 1.82) is 0 Å². The normalized spacial score (nSPS) is 14.8. The van der Waals surface area contributed by atoms with Crippen LogP contribution in [0.5, 0.6) is 0 Å². The smallest absolute Gasteiger partial charge is 0.254 e. The first-order chi connectivity index (χ1) is 11.6. The van der Waals surface area contributed by atoms with Crippen LogP contribution in [-0.2, 0) is 19.6 Å². The first-order valence-corrected chi connectivity index (χ1v) is 8.48. The summed E-state index contributed by atoms with van der Waals surface area (Å²) in [5.74, 6) is 0.0650. The van der Waals surface area contributed by atoms with Crippen LogP contribution in [0.3, 0.4) is 0 Å². The number of hydrogen-bond acceptors (Lipinski definition) is 4. The third-order valence-electron chi connectivity index (χ3n) is 4.70.